The molecule has 0 saturated heterocycles. The first kappa shape index (κ1) is 15.8. The highest BCUT2D eigenvalue weighted by Crippen LogP contribution is 1.45. The van der Waals surface area contributed by atoms with Crippen molar-refractivity contribution in [2.75, 3.05) is 21.1 Å². The lowest BCUT2D eigenvalue weighted by atomic mass is 10.7. The molecule has 0 aliphatic rings. The van der Waals surface area contributed by atoms with Gasteiger partial charge in [-0.25, -0.2) is 0 Å². The third kappa shape index (κ3) is 107. The van der Waals surface area contributed by atoms with Gasteiger partial charge in [-0.1, -0.05) is 7.43 Å². The van der Waals surface area contributed by atoms with E-state index in [1.54, 1.807) is 7.05 Å². The fourth-order valence-corrected chi connectivity index (χ4v) is 0. The van der Waals surface area contributed by atoms with Crippen molar-refractivity contribution in [2.45, 2.75) is 14.4 Å². The zero-order chi connectivity index (χ0) is 6.99. The number of rotatable bonds is 0. The summed E-state index contributed by atoms with van der Waals surface area (Å²) in [6.45, 7) is 1.47. The molecule has 0 spiro atoms. The Balaban J connectivity index is -0.0000000800. The smallest absolute Gasteiger partial charge is 0.216 e. The molecule has 58 valence electrons. The SMILES string of the molecule is C.CNC.CNC(C)=O. The van der Waals surface area contributed by atoms with E-state index in [0.717, 1.165) is 0 Å². The van der Waals surface area contributed by atoms with Crippen molar-refractivity contribution in [2.24, 2.45) is 0 Å². The predicted molar refractivity (Wildman–Crippen MR) is 41.5 cm³/mol. The topological polar surface area (TPSA) is 41.1 Å². The molecule has 0 bridgehead atoms. The van der Waals surface area contributed by atoms with Crippen LogP contribution in [0.2, 0.25) is 0 Å². The summed E-state index contributed by atoms with van der Waals surface area (Å²) in [6.07, 6.45) is 0. The van der Waals surface area contributed by atoms with Crippen molar-refractivity contribution in [3.8, 4) is 0 Å². The molecule has 0 aliphatic carbocycles. The minimum atomic E-state index is 0. The lowest BCUT2D eigenvalue weighted by Crippen LogP contribution is -2.11. The third-order valence-electron chi connectivity index (χ3n) is 0.352. The zero-order valence-electron chi connectivity index (χ0n) is 5.91. The van der Waals surface area contributed by atoms with E-state index in [9.17, 15) is 4.79 Å². The van der Waals surface area contributed by atoms with Crippen molar-refractivity contribution in [3.63, 3.8) is 0 Å². The van der Waals surface area contributed by atoms with Crippen LogP contribution in [0.1, 0.15) is 14.4 Å². The molecule has 3 nitrogen and oxygen atoms in total. The fourth-order valence-electron chi connectivity index (χ4n) is 0. The summed E-state index contributed by atoms with van der Waals surface area (Å²) in [6, 6.07) is 0. The Morgan fingerprint density at radius 3 is 1.33 bits per heavy atom. The highest BCUT2D eigenvalue weighted by Gasteiger charge is 1.72. The molecule has 1 amide bonds. The van der Waals surface area contributed by atoms with Gasteiger partial charge in [0, 0.05) is 14.0 Å². The maximum absolute atomic E-state index is 9.70. The van der Waals surface area contributed by atoms with E-state index in [1.165, 1.54) is 6.92 Å². The van der Waals surface area contributed by atoms with Gasteiger partial charge in [-0.15, -0.1) is 0 Å². The van der Waals surface area contributed by atoms with Crippen LogP contribution in [0.25, 0.3) is 0 Å². The van der Waals surface area contributed by atoms with Gasteiger partial charge >= 0.3 is 0 Å². The van der Waals surface area contributed by atoms with Crippen LogP contribution in [0.5, 0.6) is 0 Å². The molecule has 0 aliphatic heterocycles. The second-order valence-corrected chi connectivity index (χ2v) is 1.31. The molecule has 9 heavy (non-hydrogen) atoms. The summed E-state index contributed by atoms with van der Waals surface area (Å²) in [5, 5.41) is 5.14. The quantitative estimate of drug-likeness (QED) is 0.498. The second-order valence-electron chi connectivity index (χ2n) is 1.31. The summed E-state index contributed by atoms with van der Waals surface area (Å²) >= 11 is 0. The second kappa shape index (κ2) is 15.7. The summed E-state index contributed by atoms with van der Waals surface area (Å²) in [5.74, 6) is 0.00463. The molecule has 3 heteroatoms. The van der Waals surface area contributed by atoms with Gasteiger partial charge in [0.25, 0.3) is 0 Å². The maximum atomic E-state index is 9.70. The molecular weight excluding hydrogens is 116 g/mol. The van der Waals surface area contributed by atoms with E-state index in [1.807, 2.05) is 14.1 Å². The maximum Gasteiger partial charge on any atom is 0.216 e. The molecule has 0 aromatic rings. The van der Waals surface area contributed by atoms with Crippen LogP contribution in [0, 0.1) is 0 Å². The zero-order valence-corrected chi connectivity index (χ0v) is 5.91. The van der Waals surface area contributed by atoms with Crippen molar-refractivity contribution in [1.29, 1.82) is 0 Å². The Morgan fingerprint density at radius 2 is 1.33 bits per heavy atom. The fraction of sp³-hybridized carbons (Fsp3) is 0.833. The highest BCUT2D eigenvalue weighted by molar-refractivity contribution is 5.72. The molecule has 0 atom stereocenters. The number of carbonyl (C=O) groups excluding carboxylic acids is 1. The Kier molecular flexibility index (Phi) is 27.5. The molecule has 2 N–H and O–H groups in total. The molecule has 0 saturated carbocycles. The third-order valence-corrected chi connectivity index (χ3v) is 0.352. The van der Waals surface area contributed by atoms with E-state index in [4.69, 9.17) is 0 Å². The molecule has 0 unspecified atom stereocenters. The van der Waals surface area contributed by atoms with Crippen LogP contribution in [0.3, 0.4) is 0 Å². The van der Waals surface area contributed by atoms with Crippen molar-refractivity contribution >= 4 is 5.91 Å². The van der Waals surface area contributed by atoms with Gasteiger partial charge in [-0.05, 0) is 14.1 Å². The first-order valence-corrected chi connectivity index (χ1v) is 2.45. The van der Waals surface area contributed by atoms with Crippen molar-refractivity contribution in [3.05, 3.63) is 0 Å². The van der Waals surface area contributed by atoms with E-state index in [-0.39, 0.29) is 13.3 Å². The predicted octanol–water partition coefficient (Wildman–Crippen LogP) is 0.224. The van der Waals surface area contributed by atoms with Gasteiger partial charge in [0.2, 0.25) is 5.91 Å². The lowest BCUT2D eigenvalue weighted by molar-refractivity contribution is -0.118. The lowest BCUT2D eigenvalue weighted by Gasteiger charge is -1.80. The molecule has 0 radical (unpaired) electrons. The molecular formula is C6H18N2O. The van der Waals surface area contributed by atoms with E-state index in [2.05, 4.69) is 10.6 Å². The van der Waals surface area contributed by atoms with Crippen LogP contribution < -0.4 is 10.6 Å². The van der Waals surface area contributed by atoms with Crippen LogP contribution in [-0.2, 0) is 4.79 Å². The van der Waals surface area contributed by atoms with Gasteiger partial charge in [-0.3, -0.25) is 4.79 Å². The standard InChI is InChI=1S/C3H7NO.C2H7N.CH4/c1-3(5)4-2;1-3-2;/h1-2H3,(H,4,5);3H,1-2H3;1H4. The summed E-state index contributed by atoms with van der Waals surface area (Å²) in [5.41, 5.74) is 0. The van der Waals surface area contributed by atoms with E-state index in [0.29, 0.717) is 0 Å². The minimum absolute atomic E-state index is 0. The van der Waals surface area contributed by atoms with E-state index >= 15 is 0 Å². The number of nitrogens with one attached hydrogen (secondary N) is 2. The Morgan fingerprint density at radius 1 is 1.22 bits per heavy atom. The van der Waals surface area contributed by atoms with Gasteiger partial charge < -0.3 is 10.6 Å². The van der Waals surface area contributed by atoms with Gasteiger partial charge in [0.15, 0.2) is 0 Å². The average Bonchev–Trinajstić information content (AvgIpc) is 1.69. The monoisotopic (exact) mass is 134 g/mol. The van der Waals surface area contributed by atoms with Crippen LogP contribution in [-0.4, -0.2) is 27.1 Å². The molecule has 0 rings (SSSR count). The highest BCUT2D eigenvalue weighted by atomic mass is 16.1. The number of hydrogen-bond acceptors (Lipinski definition) is 2. The van der Waals surface area contributed by atoms with E-state index < -0.39 is 0 Å². The van der Waals surface area contributed by atoms with Crippen LogP contribution >= 0.6 is 0 Å². The van der Waals surface area contributed by atoms with Gasteiger partial charge in [0.05, 0.1) is 0 Å². The number of hydrogen-bond donors (Lipinski definition) is 2. The summed E-state index contributed by atoms with van der Waals surface area (Å²) in [7, 11) is 5.35. The minimum Gasteiger partial charge on any atom is -0.359 e. The van der Waals surface area contributed by atoms with Gasteiger partial charge in [-0.2, -0.15) is 0 Å². The first-order chi connectivity index (χ1) is 3.68. The summed E-state index contributed by atoms with van der Waals surface area (Å²) < 4.78 is 0. The Labute approximate surface area is 57.8 Å². The summed E-state index contributed by atoms with van der Waals surface area (Å²) in [4.78, 5) is 9.70. The average molecular weight is 134 g/mol. The largest absolute Gasteiger partial charge is 0.359 e. The molecule has 0 aromatic heterocycles. The Bertz CT molecular complexity index is 55.0. The molecule has 0 fully saturated rings. The normalized spacial score (nSPS) is 5.78. The molecule has 0 heterocycles. The Hall–Kier alpha value is -0.570. The molecule has 0 aromatic carbocycles. The van der Waals surface area contributed by atoms with Gasteiger partial charge in [0.1, 0.15) is 0 Å². The van der Waals surface area contributed by atoms with Crippen molar-refractivity contribution < 1.29 is 4.79 Å². The van der Waals surface area contributed by atoms with Crippen molar-refractivity contribution in [1.82, 2.24) is 10.6 Å². The van der Waals surface area contributed by atoms with Crippen LogP contribution in [0.4, 0.5) is 0 Å². The first-order valence-electron chi connectivity index (χ1n) is 2.45. The van der Waals surface area contributed by atoms with Crippen LogP contribution in [0.15, 0.2) is 0 Å². The number of amides is 1. The number of carbonyl (C=O) groups is 1.